The molecule has 0 bridgehead atoms. The Bertz CT molecular complexity index is 3680. The zero-order valence-corrected chi connectivity index (χ0v) is 45.5. The molecule has 0 radical (unpaired) electrons. The van der Waals surface area contributed by atoms with Gasteiger partial charge in [0.2, 0.25) is 17.5 Å². The minimum atomic E-state index is -0.640. The molecule has 2 aromatic heterocycles. The number of benzene rings is 6. The van der Waals surface area contributed by atoms with E-state index in [0.29, 0.717) is 90.0 Å². The molecular weight excluding hydrogens is 1040 g/mol. The van der Waals surface area contributed by atoms with Crippen molar-refractivity contribution >= 4 is 41.0 Å². The van der Waals surface area contributed by atoms with Crippen molar-refractivity contribution in [1.82, 2.24) is 14.9 Å². The summed E-state index contributed by atoms with van der Waals surface area (Å²) in [6.07, 6.45) is 6.14. The highest BCUT2D eigenvalue weighted by Crippen LogP contribution is 2.42. The van der Waals surface area contributed by atoms with Crippen molar-refractivity contribution in [2.45, 2.75) is 37.8 Å². The Morgan fingerprint density at radius 1 is 0.585 bits per heavy atom. The second-order valence-electron chi connectivity index (χ2n) is 19.0. The molecule has 17 heteroatoms. The van der Waals surface area contributed by atoms with E-state index in [1.54, 1.807) is 116 Å². The Kier molecular flexibility index (Phi) is 17.7. The number of carbonyl (C=O) groups excluding carboxylic acids is 4. The van der Waals surface area contributed by atoms with Crippen LogP contribution >= 0.6 is 0 Å². The van der Waals surface area contributed by atoms with Gasteiger partial charge < -0.3 is 39.1 Å². The van der Waals surface area contributed by atoms with Gasteiger partial charge in [0, 0.05) is 50.9 Å². The van der Waals surface area contributed by atoms with E-state index in [4.69, 9.17) is 52.1 Å². The highest BCUT2D eigenvalue weighted by Gasteiger charge is 2.35. The number of rotatable bonds is 18. The normalized spacial score (nSPS) is 14.4. The van der Waals surface area contributed by atoms with Gasteiger partial charge in [0.1, 0.15) is 46.0 Å². The van der Waals surface area contributed by atoms with E-state index >= 15 is 0 Å². The number of terminal acetylenes is 1. The number of anilines is 2. The van der Waals surface area contributed by atoms with Crippen LogP contribution in [0.1, 0.15) is 73.5 Å². The monoisotopic (exact) mass is 1100 g/mol. The lowest BCUT2D eigenvalue weighted by molar-refractivity contribution is -0.118. The molecular formula is C65H57N7O10. The van der Waals surface area contributed by atoms with E-state index < -0.39 is 5.91 Å². The summed E-state index contributed by atoms with van der Waals surface area (Å²) >= 11 is 0. The fourth-order valence-electron chi connectivity index (χ4n) is 9.57. The lowest BCUT2D eigenvalue weighted by atomic mass is 9.98. The van der Waals surface area contributed by atoms with Crippen LogP contribution in [0.5, 0.6) is 46.0 Å². The first kappa shape index (κ1) is 56.1. The molecule has 2 aliphatic rings. The molecule has 82 heavy (non-hydrogen) atoms. The Morgan fingerprint density at radius 3 is 1.55 bits per heavy atom. The zero-order chi connectivity index (χ0) is 57.7. The number of aromatic nitrogens is 2. The van der Waals surface area contributed by atoms with Crippen LogP contribution in [0.4, 0.5) is 17.3 Å². The average Bonchev–Trinajstić information content (AvgIpc) is 4.29. The summed E-state index contributed by atoms with van der Waals surface area (Å²) in [6, 6.07) is 50.6. The summed E-state index contributed by atoms with van der Waals surface area (Å²) in [7, 11) is 6.34. The summed E-state index contributed by atoms with van der Waals surface area (Å²) in [6.45, 7) is 8.95. The first-order valence-electron chi connectivity index (χ1n) is 26.0. The summed E-state index contributed by atoms with van der Waals surface area (Å²) < 4.78 is 33.8. The summed E-state index contributed by atoms with van der Waals surface area (Å²) in [5.41, 5.74) is 10.3. The second-order valence-corrected chi connectivity index (χ2v) is 19.0. The number of hydrogen-bond acceptors (Lipinski definition) is 12. The van der Waals surface area contributed by atoms with E-state index in [1.807, 2.05) is 91.0 Å². The zero-order valence-electron chi connectivity index (χ0n) is 45.5. The van der Waals surface area contributed by atoms with Crippen molar-refractivity contribution in [1.29, 1.82) is 0 Å². The lowest BCUT2D eigenvalue weighted by Gasteiger charge is -2.24. The molecule has 412 valence electrons. The van der Waals surface area contributed by atoms with Crippen LogP contribution in [0.15, 0.2) is 170 Å². The van der Waals surface area contributed by atoms with Crippen LogP contribution in [-0.2, 0) is 22.7 Å². The molecule has 0 saturated carbocycles. The number of amides is 4. The first-order chi connectivity index (χ1) is 39.9. The number of pyridine rings is 2. The van der Waals surface area contributed by atoms with Crippen LogP contribution in [0.2, 0.25) is 0 Å². The van der Waals surface area contributed by atoms with Crippen molar-refractivity contribution in [2.24, 2.45) is 5.73 Å². The number of methoxy groups -OCH3 is 4. The second kappa shape index (κ2) is 25.9. The third kappa shape index (κ3) is 13.1. The molecule has 2 atom stereocenters. The molecule has 17 nitrogen and oxygen atoms in total. The van der Waals surface area contributed by atoms with Gasteiger partial charge >= 0.3 is 0 Å². The minimum absolute atomic E-state index is 0.0833. The predicted octanol–water partition coefficient (Wildman–Crippen LogP) is 11.3. The molecule has 0 unspecified atom stereocenters. The third-order valence-corrected chi connectivity index (χ3v) is 13.9. The molecule has 10 rings (SSSR count). The Labute approximate surface area is 475 Å². The molecule has 4 amide bonds. The maximum absolute atomic E-state index is 14.1. The molecule has 2 N–H and O–H groups in total. The minimum Gasteiger partial charge on any atom is -0.497 e. The number of para-hydroxylation sites is 3. The van der Waals surface area contributed by atoms with Crippen molar-refractivity contribution in [2.75, 3.05) is 51.3 Å². The average molecular weight is 1100 g/mol. The molecule has 2 fully saturated rings. The topological polar surface area (TPSA) is 190 Å². The smallest absolute Gasteiger partial charge is 0.273 e. The summed E-state index contributed by atoms with van der Waals surface area (Å²) in [4.78, 5) is 69.1. The van der Waals surface area contributed by atoms with Crippen molar-refractivity contribution < 1.29 is 47.6 Å². The maximum atomic E-state index is 14.1. The number of hydrogen-bond donors (Lipinski definition) is 1. The van der Waals surface area contributed by atoms with Gasteiger partial charge in [-0.25, -0.2) is 14.8 Å². The molecule has 6 aromatic carbocycles. The number of ether oxygens (including phenoxy) is 6. The highest BCUT2D eigenvalue weighted by atomic mass is 16.5. The van der Waals surface area contributed by atoms with E-state index in [0.717, 1.165) is 33.8 Å². The molecule has 0 aliphatic carbocycles. The van der Waals surface area contributed by atoms with Gasteiger partial charge in [0.15, 0.2) is 23.0 Å². The highest BCUT2D eigenvalue weighted by molar-refractivity contribution is 5.98. The molecule has 2 saturated heterocycles. The number of carbonyl (C=O) groups is 4. The van der Waals surface area contributed by atoms with Crippen LogP contribution < -0.4 is 44.0 Å². The van der Waals surface area contributed by atoms with E-state index in [-0.39, 0.29) is 47.4 Å². The Morgan fingerprint density at radius 2 is 1.06 bits per heavy atom. The van der Waals surface area contributed by atoms with E-state index in [2.05, 4.69) is 15.7 Å². The Hall–Kier alpha value is -10.7. The SMILES string of the molecule is C#Cc1ccccc1Oc1cc([C@H]2CC(=O)N(c3cccc(C(N)=O)n3)C2)ccc1OC.[C-]#[N+]c1ccccc1Oc1cc([C@H]2CC(=O)N(c3cccc(C(=O)N(Cc4ccc(OC)cc4)Cc4ccc(OC)cc4)n3)C2)ccc1OC. The summed E-state index contributed by atoms with van der Waals surface area (Å²) in [5.74, 6) is 6.53. The molecule has 2 aliphatic heterocycles. The molecule has 8 aromatic rings. The van der Waals surface area contributed by atoms with Gasteiger partial charge in [-0.15, -0.1) is 6.42 Å². The van der Waals surface area contributed by atoms with Crippen molar-refractivity contribution in [3.05, 3.63) is 220 Å². The standard InChI is InChI=1S/C40H36N4O6.C25H21N3O4/c1-41-33-8-5-6-10-35(33)50-37-22-29(16-21-36(37)49-4)30-23-39(45)44(26-30)38-11-7-9-34(42-38)40(46)43(24-27-12-17-31(47-2)18-13-27)25-28-14-19-32(48-3)20-15-28;1-3-16-7-4-5-9-20(16)32-22-13-17(11-12-21(22)31-2)18-14-24(29)28(15-18)23-10-6-8-19(27-23)25(26)30/h5-22,30H,23-26H2,2-4H3;1,4-13,18H,14-15H2,2H3,(H2,26,30)/t30-;18-/m00/s1. The number of primary amides is 1. The van der Waals surface area contributed by atoms with E-state index in [9.17, 15) is 19.2 Å². The van der Waals surface area contributed by atoms with Crippen LogP contribution in [0.25, 0.3) is 4.85 Å². The fraction of sp³-hybridized carbons (Fsp3) is 0.185. The van der Waals surface area contributed by atoms with E-state index in [1.165, 1.54) is 6.07 Å². The van der Waals surface area contributed by atoms with Gasteiger partial charge in [-0.3, -0.25) is 29.0 Å². The largest absolute Gasteiger partial charge is 0.497 e. The van der Waals surface area contributed by atoms with Crippen LogP contribution in [0.3, 0.4) is 0 Å². The van der Waals surface area contributed by atoms with Gasteiger partial charge in [-0.1, -0.05) is 84.8 Å². The predicted molar refractivity (Wildman–Crippen MR) is 309 cm³/mol. The number of nitrogens with two attached hydrogens (primary N) is 1. The first-order valence-corrected chi connectivity index (χ1v) is 26.0. The maximum Gasteiger partial charge on any atom is 0.273 e. The summed E-state index contributed by atoms with van der Waals surface area (Å²) in [5, 5.41) is 0. The van der Waals surface area contributed by atoms with Crippen molar-refractivity contribution in [3.63, 3.8) is 0 Å². The van der Waals surface area contributed by atoms with Gasteiger partial charge in [0.25, 0.3) is 11.8 Å². The lowest BCUT2D eigenvalue weighted by Crippen LogP contribution is -2.32. The van der Waals surface area contributed by atoms with Crippen molar-refractivity contribution in [3.8, 4) is 58.3 Å². The fourth-order valence-corrected chi connectivity index (χ4v) is 9.57. The quantitative estimate of drug-likeness (QED) is 0.0633. The third-order valence-electron chi connectivity index (χ3n) is 13.9. The van der Waals surface area contributed by atoms with Gasteiger partial charge in [-0.2, -0.15) is 0 Å². The van der Waals surface area contributed by atoms with Gasteiger partial charge in [0.05, 0.1) is 40.6 Å². The van der Waals surface area contributed by atoms with Crippen LogP contribution in [-0.4, -0.2) is 80.0 Å². The van der Waals surface area contributed by atoms with Gasteiger partial charge in [-0.05, 0) is 113 Å². The van der Waals surface area contributed by atoms with Crippen LogP contribution in [0, 0.1) is 18.9 Å². The molecule has 0 spiro atoms. The molecule has 4 heterocycles. The Balaban J connectivity index is 0.000000218. The number of nitrogens with zero attached hydrogens (tertiary/aromatic N) is 6.